The molecule has 0 bridgehead atoms. The van der Waals surface area contributed by atoms with E-state index < -0.39 is 5.97 Å². The number of anilines is 2. The fourth-order valence-corrected chi connectivity index (χ4v) is 1.89. The molecule has 2 rings (SSSR count). The number of nitrogens with one attached hydrogen (secondary N) is 2. The number of aliphatic carboxylic acids is 1. The van der Waals surface area contributed by atoms with Gasteiger partial charge in [-0.2, -0.15) is 0 Å². The summed E-state index contributed by atoms with van der Waals surface area (Å²) in [6, 6.07) is 6.92. The van der Waals surface area contributed by atoms with Gasteiger partial charge >= 0.3 is 5.97 Å². The number of rotatable bonds is 7. The molecule has 6 heteroatoms. The molecular weight excluding hydrogens is 272 g/mol. The van der Waals surface area contributed by atoms with Crippen LogP contribution in [0.2, 0.25) is 0 Å². The summed E-state index contributed by atoms with van der Waals surface area (Å²) >= 11 is 0. The first-order chi connectivity index (χ1) is 10.0. The van der Waals surface area contributed by atoms with Crippen molar-refractivity contribution in [1.29, 1.82) is 0 Å². The summed E-state index contributed by atoms with van der Waals surface area (Å²) in [4.78, 5) is 33.7. The third-order valence-electron chi connectivity index (χ3n) is 3.16. The number of carboxylic acid groups (broad SMARTS) is 1. The first kappa shape index (κ1) is 15.0. The predicted octanol–water partition coefficient (Wildman–Crippen LogP) is 2.23. The van der Waals surface area contributed by atoms with Crippen molar-refractivity contribution in [3.05, 3.63) is 24.3 Å². The minimum atomic E-state index is -0.910. The summed E-state index contributed by atoms with van der Waals surface area (Å²) in [7, 11) is 0. The average molecular weight is 290 g/mol. The van der Waals surface area contributed by atoms with Crippen LogP contribution < -0.4 is 10.6 Å². The summed E-state index contributed by atoms with van der Waals surface area (Å²) in [6.07, 6.45) is 2.31. The molecule has 0 radical (unpaired) electrons. The molecule has 6 nitrogen and oxygen atoms in total. The van der Waals surface area contributed by atoms with Crippen LogP contribution in [0.1, 0.15) is 32.1 Å². The fraction of sp³-hybridized carbons (Fsp3) is 0.400. The van der Waals surface area contributed by atoms with Crippen LogP contribution in [0.15, 0.2) is 24.3 Å². The van der Waals surface area contributed by atoms with E-state index in [0.29, 0.717) is 17.8 Å². The minimum absolute atomic E-state index is 0.0138. The van der Waals surface area contributed by atoms with Gasteiger partial charge in [-0.15, -0.1) is 0 Å². The molecule has 1 aliphatic rings. The van der Waals surface area contributed by atoms with E-state index in [4.69, 9.17) is 5.11 Å². The second-order valence-electron chi connectivity index (χ2n) is 5.14. The van der Waals surface area contributed by atoms with Gasteiger partial charge in [0.25, 0.3) is 0 Å². The molecule has 1 aromatic carbocycles. The largest absolute Gasteiger partial charge is 0.481 e. The number of hydrogen-bond donors (Lipinski definition) is 3. The van der Waals surface area contributed by atoms with E-state index in [2.05, 4.69) is 10.6 Å². The quantitative estimate of drug-likeness (QED) is 0.717. The van der Waals surface area contributed by atoms with Crippen LogP contribution in [-0.4, -0.2) is 22.9 Å². The molecule has 0 spiro atoms. The lowest BCUT2D eigenvalue weighted by molar-refractivity contribution is -0.137. The lowest BCUT2D eigenvalue weighted by Gasteiger charge is -2.08. The monoisotopic (exact) mass is 290 g/mol. The molecule has 21 heavy (non-hydrogen) atoms. The summed E-state index contributed by atoms with van der Waals surface area (Å²) in [5.74, 6) is -1.01. The Morgan fingerprint density at radius 2 is 1.76 bits per heavy atom. The minimum Gasteiger partial charge on any atom is -0.481 e. The Morgan fingerprint density at radius 1 is 1.10 bits per heavy atom. The molecule has 1 fully saturated rings. The van der Waals surface area contributed by atoms with Gasteiger partial charge < -0.3 is 15.7 Å². The normalized spacial score (nSPS) is 13.5. The van der Waals surface area contributed by atoms with Crippen LogP contribution in [0.4, 0.5) is 11.4 Å². The number of hydrogen-bond acceptors (Lipinski definition) is 3. The van der Waals surface area contributed by atoms with E-state index in [9.17, 15) is 14.4 Å². The van der Waals surface area contributed by atoms with Crippen molar-refractivity contribution in [2.24, 2.45) is 5.92 Å². The average Bonchev–Trinajstić information content (AvgIpc) is 3.22. The van der Waals surface area contributed by atoms with Crippen molar-refractivity contribution in [3.8, 4) is 0 Å². The highest BCUT2D eigenvalue weighted by molar-refractivity contribution is 5.96. The van der Waals surface area contributed by atoms with Gasteiger partial charge in [-0.05, 0) is 37.5 Å². The van der Waals surface area contributed by atoms with Crippen molar-refractivity contribution in [1.82, 2.24) is 0 Å². The molecular formula is C15H18N2O4. The molecule has 3 N–H and O–H groups in total. The van der Waals surface area contributed by atoms with Gasteiger partial charge in [-0.3, -0.25) is 14.4 Å². The van der Waals surface area contributed by atoms with E-state index in [-0.39, 0.29) is 30.6 Å². The highest BCUT2D eigenvalue weighted by Crippen LogP contribution is 2.30. The molecule has 1 aliphatic carbocycles. The Bertz CT molecular complexity index is 552. The topological polar surface area (TPSA) is 95.5 Å². The summed E-state index contributed by atoms with van der Waals surface area (Å²) in [5, 5.41) is 14.0. The number of carbonyl (C=O) groups excluding carboxylic acids is 2. The van der Waals surface area contributed by atoms with Crippen molar-refractivity contribution in [2.45, 2.75) is 32.1 Å². The van der Waals surface area contributed by atoms with Crippen molar-refractivity contribution in [3.63, 3.8) is 0 Å². The zero-order valence-corrected chi connectivity index (χ0v) is 11.6. The number of amides is 2. The zero-order valence-electron chi connectivity index (χ0n) is 11.6. The van der Waals surface area contributed by atoms with E-state index in [0.717, 1.165) is 12.8 Å². The molecule has 1 saturated carbocycles. The summed E-state index contributed by atoms with van der Waals surface area (Å²) in [6.45, 7) is 0. The lowest BCUT2D eigenvalue weighted by atomic mass is 10.2. The van der Waals surface area contributed by atoms with Gasteiger partial charge in [0.15, 0.2) is 0 Å². The highest BCUT2D eigenvalue weighted by atomic mass is 16.4. The second kappa shape index (κ2) is 6.88. The Kier molecular flexibility index (Phi) is 4.92. The number of carboxylic acids is 1. The van der Waals surface area contributed by atoms with Crippen molar-refractivity contribution in [2.75, 3.05) is 10.6 Å². The zero-order chi connectivity index (χ0) is 15.2. The SMILES string of the molecule is O=C(O)CCCC(=O)Nc1cccc(NC(=O)C2CC2)c1. The fourth-order valence-electron chi connectivity index (χ4n) is 1.89. The molecule has 0 atom stereocenters. The van der Waals surface area contributed by atoms with Gasteiger partial charge in [0.2, 0.25) is 11.8 Å². The van der Waals surface area contributed by atoms with E-state index >= 15 is 0 Å². The smallest absolute Gasteiger partial charge is 0.303 e. The van der Waals surface area contributed by atoms with Gasteiger partial charge in [0.05, 0.1) is 0 Å². The predicted molar refractivity (Wildman–Crippen MR) is 77.9 cm³/mol. The second-order valence-corrected chi connectivity index (χ2v) is 5.14. The molecule has 1 aromatic rings. The van der Waals surface area contributed by atoms with Gasteiger partial charge in [0, 0.05) is 30.1 Å². The molecule has 112 valence electrons. The van der Waals surface area contributed by atoms with Gasteiger partial charge in [0.1, 0.15) is 0 Å². The van der Waals surface area contributed by atoms with E-state index in [1.807, 2.05) is 0 Å². The van der Waals surface area contributed by atoms with Crippen LogP contribution in [0.5, 0.6) is 0 Å². The molecule has 0 saturated heterocycles. The third kappa shape index (κ3) is 5.25. The molecule has 0 aromatic heterocycles. The van der Waals surface area contributed by atoms with Crippen LogP contribution in [0.25, 0.3) is 0 Å². The molecule has 0 aliphatic heterocycles. The first-order valence-corrected chi connectivity index (χ1v) is 6.97. The lowest BCUT2D eigenvalue weighted by Crippen LogP contribution is -2.14. The Hall–Kier alpha value is -2.37. The van der Waals surface area contributed by atoms with Gasteiger partial charge in [-0.1, -0.05) is 6.07 Å². The van der Waals surface area contributed by atoms with Crippen LogP contribution in [0.3, 0.4) is 0 Å². The van der Waals surface area contributed by atoms with Crippen LogP contribution in [0, 0.1) is 5.92 Å². The third-order valence-corrected chi connectivity index (χ3v) is 3.16. The Labute approximate surface area is 122 Å². The van der Waals surface area contributed by atoms with E-state index in [1.165, 1.54) is 0 Å². The summed E-state index contributed by atoms with van der Waals surface area (Å²) in [5.41, 5.74) is 1.24. The molecule has 0 unspecified atom stereocenters. The highest BCUT2D eigenvalue weighted by Gasteiger charge is 2.29. The standard InChI is InChI=1S/C15H18N2O4/c18-13(5-2-6-14(19)20)16-11-3-1-4-12(9-11)17-15(21)10-7-8-10/h1,3-4,9-10H,2,5-8H2,(H,16,18)(H,17,21)(H,19,20). The first-order valence-electron chi connectivity index (χ1n) is 6.97. The Morgan fingerprint density at radius 3 is 2.38 bits per heavy atom. The van der Waals surface area contributed by atoms with Gasteiger partial charge in [-0.25, -0.2) is 0 Å². The van der Waals surface area contributed by atoms with Crippen molar-refractivity contribution >= 4 is 29.2 Å². The Balaban J connectivity index is 1.83. The van der Waals surface area contributed by atoms with Crippen LogP contribution >= 0.6 is 0 Å². The van der Waals surface area contributed by atoms with E-state index in [1.54, 1.807) is 24.3 Å². The molecule has 2 amide bonds. The van der Waals surface area contributed by atoms with Crippen LogP contribution in [-0.2, 0) is 14.4 Å². The maximum atomic E-state index is 11.7. The summed E-state index contributed by atoms with van der Waals surface area (Å²) < 4.78 is 0. The maximum absolute atomic E-state index is 11.7. The maximum Gasteiger partial charge on any atom is 0.303 e. The van der Waals surface area contributed by atoms with Crippen molar-refractivity contribution < 1.29 is 19.5 Å². The number of carbonyl (C=O) groups is 3. The number of benzene rings is 1. The molecule has 0 heterocycles.